The molecule has 0 saturated carbocycles. The van der Waals surface area contributed by atoms with Gasteiger partial charge in [-0.05, 0) is 0 Å². The lowest BCUT2D eigenvalue weighted by molar-refractivity contribution is -0.128. The van der Waals surface area contributed by atoms with Crippen LogP contribution >= 0.6 is 11.6 Å². The zero-order chi connectivity index (χ0) is 19.4. The molecule has 8 nitrogen and oxygen atoms in total. The minimum atomic E-state index is 0.00386. The van der Waals surface area contributed by atoms with E-state index in [1.54, 1.807) is 24.0 Å². The molecule has 2 fully saturated rings. The fraction of sp³-hybridized carbons (Fsp3) is 0.556. The first-order valence-electron chi connectivity index (χ1n) is 8.98. The van der Waals surface area contributed by atoms with E-state index in [-0.39, 0.29) is 16.7 Å². The van der Waals surface area contributed by atoms with Crippen LogP contribution in [0.4, 0.5) is 17.5 Å². The number of nitrogens with zero attached hydrogens (tertiary/aromatic N) is 6. The van der Waals surface area contributed by atoms with Gasteiger partial charge >= 0.3 is 0 Å². The molecule has 144 valence electrons. The van der Waals surface area contributed by atoms with Crippen LogP contribution in [0, 0.1) is 10.8 Å². The number of hydrogen-bond acceptors (Lipinski definition) is 6. The van der Waals surface area contributed by atoms with Crippen LogP contribution in [0.1, 0.15) is 20.8 Å². The van der Waals surface area contributed by atoms with Crippen LogP contribution in [-0.2, 0) is 11.8 Å². The second-order valence-electron chi connectivity index (χ2n) is 8.25. The van der Waals surface area contributed by atoms with Crippen LogP contribution in [0.2, 0.25) is 5.02 Å². The van der Waals surface area contributed by atoms with E-state index < -0.39 is 0 Å². The first kappa shape index (κ1) is 18.0. The highest BCUT2D eigenvalue weighted by Crippen LogP contribution is 2.52. The lowest BCUT2D eigenvalue weighted by atomic mass is 9.71. The summed E-state index contributed by atoms with van der Waals surface area (Å²) in [6, 6.07) is 0. The Morgan fingerprint density at radius 3 is 2.41 bits per heavy atom. The Labute approximate surface area is 163 Å². The number of fused-ring (bicyclic) bond motifs is 1. The van der Waals surface area contributed by atoms with E-state index in [0.717, 1.165) is 37.7 Å². The zero-order valence-electron chi connectivity index (χ0n) is 16.0. The highest BCUT2D eigenvalue weighted by atomic mass is 35.5. The van der Waals surface area contributed by atoms with Crippen LogP contribution in [0.5, 0.6) is 0 Å². The average molecular weight is 390 g/mol. The van der Waals surface area contributed by atoms with Crippen molar-refractivity contribution < 1.29 is 4.79 Å². The zero-order valence-corrected chi connectivity index (χ0v) is 16.8. The molecule has 0 unspecified atom stereocenters. The van der Waals surface area contributed by atoms with Crippen LogP contribution in [0.15, 0.2) is 18.6 Å². The quantitative estimate of drug-likeness (QED) is 0.867. The van der Waals surface area contributed by atoms with Crippen LogP contribution < -0.4 is 10.2 Å². The molecule has 2 aliphatic heterocycles. The number of halogens is 1. The van der Waals surface area contributed by atoms with Gasteiger partial charge in [-0.2, -0.15) is 10.1 Å². The molecule has 1 N–H and O–H groups in total. The first-order valence-corrected chi connectivity index (χ1v) is 9.36. The summed E-state index contributed by atoms with van der Waals surface area (Å²) in [6.07, 6.45) is 5.20. The fourth-order valence-electron chi connectivity index (χ4n) is 4.29. The van der Waals surface area contributed by atoms with Gasteiger partial charge in [0.1, 0.15) is 5.02 Å². The molecule has 0 bridgehead atoms. The van der Waals surface area contributed by atoms with Gasteiger partial charge < -0.3 is 15.1 Å². The highest BCUT2D eigenvalue weighted by molar-refractivity contribution is 6.32. The van der Waals surface area contributed by atoms with Crippen molar-refractivity contribution in [3.63, 3.8) is 0 Å². The fourth-order valence-corrected chi connectivity index (χ4v) is 4.50. The monoisotopic (exact) mass is 389 g/mol. The van der Waals surface area contributed by atoms with Crippen molar-refractivity contribution in [3.05, 3.63) is 23.6 Å². The summed E-state index contributed by atoms with van der Waals surface area (Å²) < 4.78 is 1.71. The molecule has 2 saturated heterocycles. The third-order valence-corrected chi connectivity index (χ3v) is 6.31. The minimum Gasteiger partial charge on any atom is -0.354 e. The van der Waals surface area contributed by atoms with Crippen LogP contribution in [0.25, 0.3) is 0 Å². The van der Waals surface area contributed by atoms with E-state index in [2.05, 4.69) is 39.1 Å². The number of nitrogens with one attached hydrogen (secondary N) is 1. The maximum atomic E-state index is 11.8. The molecule has 0 radical (unpaired) electrons. The Bertz CT molecular complexity index is 880. The normalized spacial score (nSPS) is 27.1. The van der Waals surface area contributed by atoms with Crippen molar-refractivity contribution >= 4 is 35.0 Å². The number of hydrogen-bond donors (Lipinski definition) is 1. The molecule has 1 amide bonds. The van der Waals surface area contributed by atoms with Crippen molar-refractivity contribution in [1.29, 1.82) is 0 Å². The number of carbonyl (C=O) groups excluding carboxylic acids is 1. The third-order valence-electron chi connectivity index (χ3n) is 6.05. The lowest BCUT2D eigenvalue weighted by Crippen LogP contribution is -2.34. The lowest BCUT2D eigenvalue weighted by Gasteiger charge is -2.29. The van der Waals surface area contributed by atoms with Gasteiger partial charge in [0.25, 0.3) is 0 Å². The van der Waals surface area contributed by atoms with Crippen molar-refractivity contribution in [2.24, 2.45) is 17.9 Å². The number of anilines is 3. The summed E-state index contributed by atoms with van der Waals surface area (Å²) in [5.74, 6) is 1.35. The van der Waals surface area contributed by atoms with E-state index in [9.17, 15) is 4.79 Å². The van der Waals surface area contributed by atoms with E-state index in [0.29, 0.717) is 11.0 Å². The molecule has 4 heterocycles. The van der Waals surface area contributed by atoms with Gasteiger partial charge in [-0.1, -0.05) is 25.4 Å². The summed E-state index contributed by atoms with van der Waals surface area (Å²) in [6.45, 7) is 9.27. The third kappa shape index (κ3) is 3.01. The molecule has 0 aromatic carbocycles. The second kappa shape index (κ2) is 6.09. The van der Waals surface area contributed by atoms with Gasteiger partial charge in [0.05, 0.1) is 18.1 Å². The Kier molecular flexibility index (Phi) is 4.06. The average Bonchev–Trinajstić information content (AvgIpc) is 3.17. The van der Waals surface area contributed by atoms with E-state index in [4.69, 9.17) is 11.6 Å². The number of carbonyl (C=O) groups is 1. The van der Waals surface area contributed by atoms with E-state index in [1.165, 1.54) is 0 Å². The van der Waals surface area contributed by atoms with Gasteiger partial charge in [0.2, 0.25) is 11.9 Å². The van der Waals surface area contributed by atoms with E-state index in [1.807, 2.05) is 18.1 Å². The number of likely N-dealkylation sites (tertiary alicyclic amines) is 1. The van der Waals surface area contributed by atoms with Crippen molar-refractivity contribution in [2.75, 3.05) is 36.4 Å². The first-order chi connectivity index (χ1) is 12.7. The summed E-state index contributed by atoms with van der Waals surface area (Å²) in [4.78, 5) is 25.0. The predicted octanol–water partition coefficient (Wildman–Crippen LogP) is 2.30. The second-order valence-corrected chi connectivity index (χ2v) is 8.65. The highest BCUT2D eigenvalue weighted by Gasteiger charge is 2.58. The molecule has 0 spiro atoms. The minimum absolute atomic E-state index is 0.00386. The van der Waals surface area contributed by atoms with Gasteiger partial charge in [0.15, 0.2) is 5.82 Å². The molecular weight excluding hydrogens is 366 g/mol. The van der Waals surface area contributed by atoms with Gasteiger partial charge in [-0.3, -0.25) is 9.48 Å². The number of aryl methyl sites for hydroxylation is 1. The van der Waals surface area contributed by atoms with Gasteiger partial charge in [0, 0.05) is 57.2 Å². The van der Waals surface area contributed by atoms with Gasteiger partial charge in [-0.25, -0.2) is 4.98 Å². The molecule has 27 heavy (non-hydrogen) atoms. The molecular formula is C18H24ClN7O. The standard InChI is InChI=1S/C18H24ClN7O/c1-12(27)25-8-17(2)10-26(11-18(17,3)9-25)15-14(19)6-20-16(23-15)22-13-5-21-24(4)7-13/h5-7H,8-11H2,1-4H3,(H,20,22,23)/t17-,18+. The Hall–Kier alpha value is -2.35. The molecule has 4 rings (SSSR count). The Morgan fingerprint density at radius 1 is 1.19 bits per heavy atom. The topological polar surface area (TPSA) is 79.2 Å². The maximum absolute atomic E-state index is 11.8. The largest absolute Gasteiger partial charge is 0.354 e. The number of rotatable bonds is 3. The van der Waals surface area contributed by atoms with Crippen molar-refractivity contribution in [2.45, 2.75) is 20.8 Å². The van der Waals surface area contributed by atoms with E-state index >= 15 is 0 Å². The summed E-state index contributed by atoms with van der Waals surface area (Å²) in [5.41, 5.74) is 0.827. The number of amides is 1. The van der Waals surface area contributed by atoms with Crippen LogP contribution in [-0.4, -0.2) is 56.7 Å². The molecule has 2 atom stereocenters. The molecule has 9 heteroatoms. The predicted molar refractivity (Wildman–Crippen MR) is 104 cm³/mol. The van der Waals surface area contributed by atoms with Crippen molar-refractivity contribution in [3.8, 4) is 0 Å². The summed E-state index contributed by atoms with van der Waals surface area (Å²) >= 11 is 6.43. The van der Waals surface area contributed by atoms with Crippen LogP contribution in [0.3, 0.4) is 0 Å². The number of aromatic nitrogens is 4. The smallest absolute Gasteiger partial charge is 0.229 e. The SMILES string of the molecule is CC(=O)N1C[C@@]2(C)CN(c3nc(Nc4cnn(C)c4)ncc3Cl)C[C@@]2(C)C1. The molecule has 2 aromatic heterocycles. The van der Waals surface area contributed by atoms with Crippen molar-refractivity contribution in [1.82, 2.24) is 24.6 Å². The summed E-state index contributed by atoms with van der Waals surface area (Å²) in [7, 11) is 1.86. The van der Waals surface area contributed by atoms with Gasteiger partial charge in [-0.15, -0.1) is 0 Å². The Morgan fingerprint density at radius 2 is 1.85 bits per heavy atom. The molecule has 2 aliphatic rings. The summed E-state index contributed by atoms with van der Waals surface area (Å²) in [5, 5.41) is 7.83. The molecule has 2 aromatic rings. The molecule has 0 aliphatic carbocycles. The Balaban J connectivity index is 1.58. The maximum Gasteiger partial charge on any atom is 0.229 e.